The highest BCUT2D eigenvalue weighted by molar-refractivity contribution is 8.05. The SMILES string of the molecule is C=C(C)S/C=C(\C)C=O.CNC1CC1. The first-order valence-corrected chi connectivity index (χ1v) is 5.59. The third kappa shape index (κ3) is 9.55. The predicted octanol–water partition coefficient (Wildman–Crippen LogP) is 2.72. The summed E-state index contributed by atoms with van der Waals surface area (Å²) >= 11 is 1.48. The van der Waals surface area contributed by atoms with Crippen molar-refractivity contribution in [2.24, 2.45) is 0 Å². The number of carbonyl (C=O) groups excluding carboxylic acids is 1. The fourth-order valence-electron chi connectivity index (χ4n) is 0.593. The van der Waals surface area contributed by atoms with Crippen molar-refractivity contribution in [2.75, 3.05) is 7.05 Å². The molecule has 0 amide bonds. The van der Waals surface area contributed by atoms with Gasteiger partial charge < -0.3 is 5.32 Å². The Balaban J connectivity index is 0.000000280. The van der Waals surface area contributed by atoms with Crippen LogP contribution in [0.25, 0.3) is 0 Å². The van der Waals surface area contributed by atoms with Gasteiger partial charge in [-0.1, -0.05) is 6.58 Å². The van der Waals surface area contributed by atoms with Crippen molar-refractivity contribution in [1.82, 2.24) is 5.32 Å². The monoisotopic (exact) mass is 213 g/mol. The maximum absolute atomic E-state index is 10.0. The quantitative estimate of drug-likeness (QED) is 0.575. The van der Waals surface area contributed by atoms with Crippen LogP contribution in [0.4, 0.5) is 0 Å². The van der Waals surface area contributed by atoms with Crippen LogP contribution in [0, 0.1) is 0 Å². The molecule has 1 rings (SSSR count). The number of carbonyl (C=O) groups is 1. The standard InChI is InChI=1S/C7H10OS.C4H9N/c1-6(2)9-5-7(3)4-8;1-5-4-2-3-4/h4-5H,1H2,2-3H3;4-5H,2-3H2,1H3/b7-5+;. The topological polar surface area (TPSA) is 29.1 Å². The molecule has 0 aliphatic heterocycles. The number of hydrogen-bond acceptors (Lipinski definition) is 3. The van der Waals surface area contributed by atoms with E-state index in [9.17, 15) is 4.79 Å². The highest BCUT2D eigenvalue weighted by atomic mass is 32.2. The summed E-state index contributed by atoms with van der Waals surface area (Å²) < 4.78 is 0. The van der Waals surface area contributed by atoms with Gasteiger partial charge in [0.25, 0.3) is 0 Å². The number of thioether (sulfide) groups is 1. The summed E-state index contributed by atoms with van der Waals surface area (Å²) in [6, 6.07) is 0.884. The normalized spacial score (nSPS) is 15.5. The Morgan fingerprint density at radius 3 is 2.29 bits per heavy atom. The Morgan fingerprint density at radius 2 is 2.07 bits per heavy atom. The van der Waals surface area contributed by atoms with Crippen LogP contribution >= 0.6 is 11.8 Å². The van der Waals surface area contributed by atoms with Gasteiger partial charge >= 0.3 is 0 Å². The van der Waals surface area contributed by atoms with Gasteiger partial charge in [0.1, 0.15) is 6.29 Å². The van der Waals surface area contributed by atoms with Gasteiger partial charge in [-0.15, -0.1) is 11.8 Å². The Hall–Kier alpha value is -0.540. The molecule has 0 aromatic carbocycles. The van der Waals surface area contributed by atoms with E-state index in [0.717, 1.165) is 22.8 Å². The van der Waals surface area contributed by atoms with E-state index in [-0.39, 0.29) is 0 Å². The highest BCUT2D eigenvalue weighted by Crippen LogP contribution is 2.17. The fraction of sp³-hybridized carbons (Fsp3) is 0.545. The van der Waals surface area contributed by atoms with Crippen LogP contribution in [-0.4, -0.2) is 19.4 Å². The molecule has 80 valence electrons. The average Bonchev–Trinajstić information content (AvgIpc) is 2.98. The Kier molecular flexibility index (Phi) is 7.52. The van der Waals surface area contributed by atoms with Crippen LogP contribution in [0.15, 0.2) is 22.5 Å². The first-order chi connectivity index (χ1) is 6.60. The minimum atomic E-state index is 0.739. The van der Waals surface area contributed by atoms with Crippen LogP contribution in [0.3, 0.4) is 0 Å². The molecule has 0 heterocycles. The Bertz CT molecular complexity index is 219. The Morgan fingerprint density at radius 1 is 1.50 bits per heavy atom. The summed E-state index contributed by atoms with van der Waals surface area (Å²) in [5, 5.41) is 4.93. The summed E-state index contributed by atoms with van der Waals surface area (Å²) in [6.45, 7) is 7.33. The molecule has 1 aliphatic rings. The average molecular weight is 213 g/mol. The summed E-state index contributed by atoms with van der Waals surface area (Å²) in [4.78, 5) is 11.0. The minimum Gasteiger partial charge on any atom is -0.317 e. The maximum Gasteiger partial charge on any atom is 0.146 e. The van der Waals surface area contributed by atoms with E-state index in [4.69, 9.17) is 0 Å². The molecule has 2 nitrogen and oxygen atoms in total. The van der Waals surface area contributed by atoms with Gasteiger partial charge in [0.05, 0.1) is 0 Å². The van der Waals surface area contributed by atoms with Gasteiger partial charge in [-0.3, -0.25) is 4.79 Å². The second-order valence-electron chi connectivity index (χ2n) is 3.36. The first kappa shape index (κ1) is 13.5. The second-order valence-corrected chi connectivity index (χ2v) is 4.53. The van der Waals surface area contributed by atoms with E-state index >= 15 is 0 Å². The van der Waals surface area contributed by atoms with Crippen molar-refractivity contribution in [1.29, 1.82) is 0 Å². The van der Waals surface area contributed by atoms with Crippen LogP contribution in [-0.2, 0) is 4.79 Å². The largest absolute Gasteiger partial charge is 0.317 e. The lowest BCUT2D eigenvalue weighted by Gasteiger charge is -1.89. The second kappa shape index (κ2) is 7.83. The minimum absolute atomic E-state index is 0.739. The molecule has 0 saturated heterocycles. The van der Waals surface area contributed by atoms with Crippen molar-refractivity contribution in [3.05, 3.63) is 22.5 Å². The van der Waals surface area contributed by atoms with Crippen molar-refractivity contribution < 1.29 is 4.79 Å². The third-order valence-electron chi connectivity index (χ3n) is 1.62. The zero-order valence-corrected chi connectivity index (χ0v) is 9.99. The number of rotatable bonds is 4. The van der Waals surface area contributed by atoms with Crippen molar-refractivity contribution in [2.45, 2.75) is 32.7 Å². The molecule has 1 aliphatic carbocycles. The highest BCUT2D eigenvalue weighted by Gasteiger charge is 2.17. The molecular formula is C11H19NOS. The maximum atomic E-state index is 10.0. The molecule has 0 aromatic heterocycles. The third-order valence-corrected chi connectivity index (χ3v) is 2.51. The van der Waals surface area contributed by atoms with E-state index < -0.39 is 0 Å². The molecule has 0 aromatic rings. The lowest BCUT2D eigenvalue weighted by Crippen LogP contribution is -2.06. The first-order valence-electron chi connectivity index (χ1n) is 4.71. The van der Waals surface area contributed by atoms with Gasteiger partial charge in [-0.25, -0.2) is 0 Å². The zero-order chi connectivity index (χ0) is 11.0. The number of aldehydes is 1. The van der Waals surface area contributed by atoms with Gasteiger partial charge in [-0.05, 0) is 49.6 Å². The fourth-order valence-corrected chi connectivity index (χ4v) is 1.04. The Labute approximate surface area is 90.8 Å². The molecule has 1 N–H and O–H groups in total. The van der Waals surface area contributed by atoms with Crippen LogP contribution in [0.1, 0.15) is 26.7 Å². The van der Waals surface area contributed by atoms with Crippen LogP contribution in [0.2, 0.25) is 0 Å². The predicted molar refractivity (Wildman–Crippen MR) is 64.3 cm³/mol. The lowest BCUT2D eigenvalue weighted by molar-refractivity contribution is -0.104. The van der Waals surface area contributed by atoms with Gasteiger partial charge in [0, 0.05) is 6.04 Å². The van der Waals surface area contributed by atoms with Crippen molar-refractivity contribution >= 4 is 18.0 Å². The summed E-state index contributed by atoms with van der Waals surface area (Å²) in [6.07, 6.45) is 3.63. The number of hydrogen-bond donors (Lipinski definition) is 1. The van der Waals surface area contributed by atoms with E-state index in [1.165, 1.54) is 24.6 Å². The van der Waals surface area contributed by atoms with E-state index in [2.05, 4.69) is 11.9 Å². The van der Waals surface area contributed by atoms with E-state index in [1.54, 1.807) is 12.3 Å². The molecule has 1 fully saturated rings. The summed E-state index contributed by atoms with van der Waals surface area (Å²) in [7, 11) is 2.01. The smallest absolute Gasteiger partial charge is 0.146 e. The van der Waals surface area contributed by atoms with Crippen molar-refractivity contribution in [3.63, 3.8) is 0 Å². The molecule has 0 unspecified atom stereocenters. The molecule has 0 spiro atoms. The molecule has 3 heteroatoms. The van der Waals surface area contributed by atoms with E-state index in [1.807, 2.05) is 14.0 Å². The zero-order valence-electron chi connectivity index (χ0n) is 9.17. The molecule has 0 radical (unpaired) electrons. The van der Waals surface area contributed by atoms with Gasteiger partial charge in [-0.2, -0.15) is 0 Å². The lowest BCUT2D eigenvalue weighted by atomic mass is 10.4. The van der Waals surface area contributed by atoms with Crippen LogP contribution in [0.5, 0.6) is 0 Å². The number of allylic oxidation sites excluding steroid dienone is 2. The summed E-state index contributed by atoms with van der Waals surface area (Å²) in [5.41, 5.74) is 0.739. The van der Waals surface area contributed by atoms with Gasteiger partial charge in [0.15, 0.2) is 0 Å². The molecule has 0 atom stereocenters. The van der Waals surface area contributed by atoms with Gasteiger partial charge in [0.2, 0.25) is 0 Å². The molecular weight excluding hydrogens is 194 g/mol. The summed E-state index contributed by atoms with van der Waals surface area (Å²) in [5.74, 6) is 0. The molecule has 1 saturated carbocycles. The number of nitrogens with one attached hydrogen (secondary N) is 1. The van der Waals surface area contributed by atoms with E-state index in [0.29, 0.717) is 0 Å². The molecule has 0 bridgehead atoms. The van der Waals surface area contributed by atoms with Crippen molar-refractivity contribution in [3.8, 4) is 0 Å². The van der Waals surface area contributed by atoms with Crippen LogP contribution < -0.4 is 5.32 Å². The molecule has 14 heavy (non-hydrogen) atoms.